The highest BCUT2D eigenvalue weighted by atomic mass is 16.3. The first-order valence-corrected chi connectivity index (χ1v) is 24.8. The van der Waals surface area contributed by atoms with E-state index in [4.69, 9.17) is 15.8 Å². The minimum Gasteiger partial charge on any atom is -0.392 e. The second-order valence-corrected chi connectivity index (χ2v) is 19.9. The normalized spacial score (nSPS) is 14.1. The van der Waals surface area contributed by atoms with Gasteiger partial charge in [0.1, 0.15) is 0 Å². The van der Waals surface area contributed by atoms with Crippen LogP contribution >= 0.6 is 0 Å². The van der Waals surface area contributed by atoms with Gasteiger partial charge in [0.15, 0.2) is 0 Å². The third-order valence-corrected chi connectivity index (χ3v) is 13.8. The molecule has 0 aromatic carbocycles. The van der Waals surface area contributed by atoms with Crippen LogP contribution in [0.25, 0.3) is 56.5 Å². The van der Waals surface area contributed by atoms with Crippen molar-refractivity contribution in [3.63, 3.8) is 0 Å². The second-order valence-electron chi connectivity index (χ2n) is 19.9. The number of aliphatic hydroxyl groups is 1. The van der Waals surface area contributed by atoms with E-state index in [1.165, 1.54) is 0 Å². The minimum absolute atomic E-state index is 0.102. The Labute approximate surface area is 423 Å². The highest BCUT2D eigenvalue weighted by molar-refractivity contribution is 5.98. The number of hydrazone groups is 1. The molecule has 0 radical (unpaired) electrons. The van der Waals surface area contributed by atoms with Gasteiger partial charge in [-0.1, -0.05) is 53.0 Å². The Hall–Kier alpha value is -6.98. The van der Waals surface area contributed by atoms with Gasteiger partial charge in [0.2, 0.25) is 29.5 Å². The van der Waals surface area contributed by atoms with Gasteiger partial charge >= 0.3 is 0 Å². The molecule has 3 aromatic heterocycles. The van der Waals surface area contributed by atoms with Gasteiger partial charge in [-0.25, -0.2) is 21.2 Å². The molecule has 3 aromatic rings. The van der Waals surface area contributed by atoms with Crippen molar-refractivity contribution in [2.75, 3.05) is 19.6 Å². The number of nitrogens with zero attached hydrogens (tertiary/aromatic N) is 3. The van der Waals surface area contributed by atoms with Gasteiger partial charge in [-0.15, -0.1) is 0 Å². The molecular formula is C55H75N11O6. The van der Waals surface area contributed by atoms with Crippen molar-refractivity contribution >= 4 is 91.8 Å². The quantitative estimate of drug-likeness (QED) is 0.0147. The van der Waals surface area contributed by atoms with Gasteiger partial charge < -0.3 is 31.0 Å². The van der Waals surface area contributed by atoms with Crippen LogP contribution in [0.5, 0.6) is 0 Å². The smallest absolute Gasteiger partial charge is 0.240 e. The third-order valence-electron chi connectivity index (χ3n) is 13.8. The number of carbonyl (C=O) groups excluding carboxylic acids is 5. The number of aryl methyl sites for hydroxylation is 2. The number of hydrogen-bond donors (Lipinski definition) is 9. The molecule has 0 fully saturated rings. The van der Waals surface area contributed by atoms with Gasteiger partial charge in [-0.3, -0.25) is 29.4 Å². The first kappa shape index (κ1) is 55.9. The molecule has 2 aliphatic rings. The van der Waals surface area contributed by atoms with Crippen molar-refractivity contribution in [3.05, 3.63) is 82.5 Å². The highest BCUT2D eigenvalue weighted by Gasteiger charge is 2.41. The lowest BCUT2D eigenvalue weighted by atomic mass is 9.71. The molecule has 0 aliphatic carbocycles. The molecular weight excluding hydrogens is 911 g/mol. The number of H-pyrrole nitrogens is 2. The molecule has 2 atom stereocenters. The second kappa shape index (κ2) is 24.4. The van der Waals surface area contributed by atoms with Crippen LogP contribution in [0.2, 0.25) is 0 Å². The Balaban J connectivity index is 1.26. The molecule has 386 valence electrons. The molecule has 0 spiro atoms. The fourth-order valence-electron chi connectivity index (χ4n) is 9.14. The van der Waals surface area contributed by atoms with Crippen molar-refractivity contribution in [1.29, 1.82) is 0 Å². The zero-order valence-electron chi connectivity index (χ0n) is 43.8. The number of aromatic amines is 2. The number of hydrazine groups is 1. The van der Waals surface area contributed by atoms with E-state index in [9.17, 15) is 29.1 Å². The van der Waals surface area contributed by atoms with Gasteiger partial charge in [0, 0.05) is 88.6 Å². The molecule has 17 heteroatoms. The molecule has 8 bridgehead atoms. The van der Waals surface area contributed by atoms with E-state index >= 15 is 0 Å². The summed E-state index contributed by atoms with van der Waals surface area (Å²) in [5, 5.41) is 22.5. The summed E-state index contributed by atoms with van der Waals surface area (Å²) in [4.78, 5) is 81.9. The summed E-state index contributed by atoms with van der Waals surface area (Å²) in [7, 11) is 0. The number of amides is 5. The first-order chi connectivity index (χ1) is 34.1. The Morgan fingerprint density at radius 3 is 1.79 bits per heavy atom. The topological polar surface area (TPSA) is 261 Å². The van der Waals surface area contributed by atoms with Crippen molar-refractivity contribution in [2.24, 2.45) is 21.8 Å². The van der Waals surface area contributed by atoms with E-state index in [1.54, 1.807) is 13.8 Å². The van der Waals surface area contributed by atoms with E-state index in [-0.39, 0.29) is 55.3 Å². The molecule has 17 nitrogen and oxygen atoms in total. The number of aliphatic hydroxyl groups excluding tert-OH is 1. The summed E-state index contributed by atoms with van der Waals surface area (Å²) in [6, 6.07) is 8.01. The maximum atomic E-state index is 13.4. The predicted octanol–water partition coefficient (Wildman–Crippen LogP) is 7.85. The lowest BCUT2D eigenvalue weighted by molar-refractivity contribution is -0.137. The zero-order valence-corrected chi connectivity index (χ0v) is 43.8. The third kappa shape index (κ3) is 13.7. The van der Waals surface area contributed by atoms with Gasteiger partial charge in [0.25, 0.3) is 0 Å². The van der Waals surface area contributed by atoms with Crippen LogP contribution in [-0.4, -0.2) is 86.0 Å². The van der Waals surface area contributed by atoms with Crippen molar-refractivity contribution < 1.29 is 29.1 Å². The first-order valence-electron chi connectivity index (χ1n) is 24.8. The number of hydrogen-bond acceptors (Lipinski definition) is 10. The van der Waals surface area contributed by atoms with Crippen LogP contribution in [-0.2, 0) is 24.0 Å². The lowest BCUT2D eigenvalue weighted by Gasteiger charge is -2.35. The largest absolute Gasteiger partial charge is 0.392 e. The SMILES string of the molecule is C=Cc1c(C)c2cc3[nH]c(cc4nc(cc5nc(cc1[nH]2)C(C)=C5CCC(=O)NN)C(CCC(=O)N/N=C(/C)CCC(=O)NCCCNC(=O)C(C)(C)CC(C)(CC)C(=O)NCC(C)O)=C4C)c(C)c3C=C. The number of nitrogens with two attached hydrogens (primary N) is 1. The number of fused-ring (bicyclic) bond motifs is 8. The van der Waals surface area contributed by atoms with Crippen LogP contribution in [0, 0.1) is 24.7 Å². The molecule has 2 unspecified atom stereocenters. The summed E-state index contributed by atoms with van der Waals surface area (Å²) in [5.41, 5.74) is 17.6. The van der Waals surface area contributed by atoms with Gasteiger partial charge in [-0.2, -0.15) is 5.10 Å². The van der Waals surface area contributed by atoms with E-state index in [1.807, 2.05) is 78.8 Å². The fraction of sp³-hybridized carbons (Fsp3) is 0.455. The molecule has 5 amide bonds. The summed E-state index contributed by atoms with van der Waals surface area (Å²) in [5.74, 6) is 4.30. The molecule has 10 N–H and O–H groups in total. The van der Waals surface area contributed by atoms with Crippen LogP contribution in [0.3, 0.4) is 0 Å². The van der Waals surface area contributed by atoms with Crippen LogP contribution in [0.15, 0.2) is 42.5 Å². The Bertz CT molecular complexity index is 2880. The fourth-order valence-corrected chi connectivity index (χ4v) is 9.14. The summed E-state index contributed by atoms with van der Waals surface area (Å²) in [6.45, 7) is 27.8. The van der Waals surface area contributed by atoms with E-state index in [2.05, 4.69) is 68.0 Å². The predicted molar refractivity (Wildman–Crippen MR) is 289 cm³/mol. The van der Waals surface area contributed by atoms with E-state index in [0.29, 0.717) is 68.7 Å². The van der Waals surface area contributed by atoms with E-state index < -0.39 is 16.9 Å². The summed E-state index contributed by atoms with van der Waals surface area (Å²) < 4.78 is 0. The minimum atomic E-state index is -0.827. The monoisotopic (exact) mass is 986 g/mol. The number of aromatic nitrogens is 4. The number of rotatable bonds is 23. The van der Waals surface area contributed by atoms with E-state index in [0.717, 1.165) is 78.0 Å². The van der Waals surface area contributed by atoms with Gasteiger partial charge in [0.05, 0.1) is 28.9 Å². The average molecular weight is 986 g/mol. The Kier molecular flexibility index (Phi) is 19.0. The molecule has 0 saturated carbocycles. The highest BCUT2D eigenvalue weighted by Crippen LogP contribution is 2.39. The molecule has 72 heavy (non-hydrogen) atoms. The van der Waals surface area contributed by atoms with Crippen LogP contribution in [0.4, 0.5) is 0 Å². The summed E-state index contributed by atoms with van der Waals surface area (Å²) in [6.07, 6.45) is 5.85. The summed E-state index contributed by atoms with van der Waals surface area (Å²) >= 11 is 0. The average Bonchev–Trinajstić information content (AvgIpc) is 4.01. The maximum Gasteiger partial charge on any atom is 0.240 e. The Morgan fingerprint density at radius 1 is 0.722 bits per heavy atom. The zero-order chi connectivity index (χ0) is 53.1. The van der Waals surface area contributed by atoms with Crippen molar-refractivity contribution in [3.8, 4) is 0 Å². The standard InChI is InChI=1S/C55H75N11O6/c1-13-37-33(6)41-25-42-35(8)40(48(62-42)28-47-39(18-21-50(69)64-56)36(9)44(63-47)27-46-38(14-2)34(7)43(61-46)26-45(37)60-41)19-22-51(70)66-65-31(4)17-20-49(68)57-23-16-24-58-52(71)54(10,11)30-55(12,15-3)53(72)59-29-32(5)67/h13-14,25-28,32,60-61,67H,1-2,15-24,29-30,56H2,3-12H3,(H,57,68)(H,58,71)(H,59,72)(H,64,69)(H,66,70)/b41-25?,42-25?,43-26?,44-27?,45-26?,46-27?,47-28?,48-28?,65-31-. The Morgan fingerprint density at radius 2 is 1.25 bits per heavy atom. The maximum absolute atomic E-state index is 13.4. The number of allylic oxidation sites excluding steroid dienone is 4. The number of nitrogens with one attached hydrogen (secondary N) is 7. The number of carbonyl (C=O) groups is 5. The van der Waals surface area contributed by atoms with Crippen molar-refractivity contribution in [1.82, 2.24) is 46.7 Å². The lowest BCUT2D eigenvalue weighted by Crippen LogP contribution is -2.47. The molecule has 5 rings (SSSR count). The molecule has 2 aliphatic heterocycles. The van der Waals surface area contributed by atoms with Crippen molar-refractivity contribution in [2.45, 2.75) is 133 Å². The molecule has 5 heterocycles. The van der Waals surface area contributed by atoms with Crippen LogP contribution < -0.4 is 32.6 Å². The van der Waals surface area contributed by atoms with Gasteiger partial charge in [-0.05, 0) is 138 Å². The molecule has 0 saturated heterocycles. The van der Waals surface area contributed by atoms with Crippen LogP contribution in [0.1, 0.15) is 158 Å².